The van der Waals surface area contributed by atoms with E-state index in [1.54, 1.807) is 12.1 Å². The van der Waals surface area contributed by atoms with E-state index in [0.717, 1.165) is 16.8 Å². The van der Waals surface area contributed by atoms with Gasteiger partial charge in [0.05, 0.1) is 5.88 Å². The van der Waals surface area contributed by atoms with Crippen molar-refractivity contribution in [2.75, 3.05) is 11.2 Å². The summed E-state index contributed by atoms with van der Waals surface area (Å²) in [6, 6.07) is 3.54. The predicted octanol–water partition coefficient (Wildman–Crippen LogP) is 2.68. The second-order valence-corrected chi connectivity index (χ2v) is 3.99. The van der Waals surface area contributed by atoms with Crippen LogP contribution in [0.15, 0.2) is 12.1 Å². The number of carbonyl (C=O) groups is 2. The van der Waals surface area contributed by atoms with Crippen molar-refractivity contribution < 1.29 is 9.59 Å². The molecule has 1 aromatic rings. The number of hydrogen-bond donors (Lipinski definition) is 1. The molecule has 0 aliphatic heterocycles. The van der Waals surface area contributed by atoms with Crippen LogP contribution in [0.2, 0.25) is 0 Å². The summed E-state index contributed by atoms with van der Waals surface area (Å²) < 4.78 is 0. The fourth-order valence-corrected chi connectivity index (χ4v) is 1.66. The van der Waals surface area contributed by atoms with Crippen molar-refractivity contribution in [1.29, 1.82) is 0 Å². The van der Waals surface area contributed by atoms with Crippen LogP contribution in [-0.2, 0) is 4.79 Å². The minimum absolute atomic E-state index is 0.0280. The maximum Gasteiger partial charge on any atom is 0.221 e. The predicted molar refractivity (Wildman–Crippen MR) is 65.3 cm³/mol. The molecule has 1 N–H and O–H groups in total. The van der Waals surface area contributed by atoms with Gasteiger partial charge in [0, 0.05) is 18.2 Å². The van der Waals surface area contributed by atoms with Crippen molar-refractivity contribution in [3.8, 4) is 0 Å². The molecular weight excluding hydrogens is 226 g/mol. The highest BCUT2D eigenvalue weighted by atomic mass is 35.5. The zero-order chi connectivity index (χ0) is 12.3. The number of halogens is 1. The lowest BCUT2D eigenvalue weighted by Gasteiger charge is -2.11. The maximum atomic E-state index is 11.5. The van der Waals surface area contributed by atoms with E-state index >= 15 is 0 Å². The molecule has 0 aromatic heterocycles. The molecule has 0 aliphatic carbocycles. The van der Waals surface area contributed by atoms with E-state index in [4.69, 9.17) is 11.6 Å². The Bertz CT molecular complexity index is 441. The van der Waals surface area contributed by atoms with E-state index in [2.05, 4.69) is 5.32 Å². The summed E-state index contributed by atoms with van der Waals surface area (Å²) in [6.45, 7) is 5.12. The number of anilines is 1. The minimum atomic E-state index is -0.126. The molecule has 0 bridgehead atoms. The van der Waals surface area contributed by atoms with Crippen LogP contribution in [0, 0.1) is 13.8 Å². The van der Waals surface area contributed by atoms with Crippen LogP contribution in [0.3, 0.4) is 0 Å². The number of amides is 1. The Morgan fingerprint density at radius 1 is 1.25 bits per heavy atom. The van der Waals surface area contributed by atoms with E-state index in [1.807, 2.05) is 13.8 Å². The second-order valence-electron chi connectivity index (χ2n) is 3.72. The molecule has 0 fully saturated rings. The standard InChI is InChI=1S/C12H14ClNO2/c1-7-5-11(14-9(3)15)8(2)4-10(7)12(16)6-13/h4-5H,6H2,1-3H3,(H,14,15). The molecule has 0 spiro atoms. The van der Waals surface area contributed by atoms with Crippen LogP contribution in [0.5, 0.6) is 0 Å². The Labute approximate surface area is 99.8 Å². The molecule has 0 radical (unpaired) electrons. The number of ketones is 1. The lowest BCUT2D eigenvalue weighted by molar-refractivity contribution is -0.114. The molecule has 0 unspecified atom stereocenters. The number of Topliss-reactive ketones (excluding diaryl/α,β-unsaturated/α-hetero) is 1. The average Bonchev–Trinajstić information content (AvgIpc) is 2.21. The molecule has 0 atom stereocenters. The van der Waals surface area contributed by atoms with Gasteiger partial charge in [0.1, 0.15) is 0 Å². The molecule has 0 aliphatic rings. The molecule has 86 valence electrons. The van der Waals surface area contributed by atoms with Gasteiger partial charge in [-0.25, -0.2) is 0 Å². The van der Waals surface area contributed by atoms with Crippen LogP contribution in [0.4, 0.5) is 5.69 Å². The van der Waals surface area contributed by atoms with Gasteiger partial charge in [-0.2, -0.15) is 0 Å². The van der Waals surface area contributed by atoms with Crippen LogP contribution in [0.1, 0.15) is 28.4 Å². The first-order valence-electron chi connectivity index (χ1n) is 4.93. The van der Waals surface area contributed by atoms with Crippen molar-refractivity contribution in [3.05, 3.63) is 28.8 Å². The summed E-state index contributed by atoms with van der Waals surface area (Å²) in [6.07, 6.45) is 0. The Hall–Kier alpha value is -1.35. The van der Waals surface area contributed by atoms with E-state index in [1.165, 1.54) is 6.92 Å². The van der Waals surface area contributed by atoms with Gasteiger partial charge in [-0.05, 0) is 37.1 Å². The lowest BCUT2D eigenvalue weighted by Crippen LogP contribution is -2.10. The van der Waals surface area contributed by atoms with Crippen molar-refractivity contribution >= 4 is 29.0 Å². The van der Waals surface area contributed by atoms with Gasteiger partial charge in [0.15, 0.2) is 5.78 Å². The largest absolute Gasteiger partial charge is 0.326 e. The first kappa shape index (κ1) is 12.7. The summed E-state index contributed by atoms with van der Waals surface area (Å²) in [5, 5.41) is 2.71. The third-order valence-electron chi connectivity index (χ3n) is 2.30. The van der Waals surface area contributed by atoms with Crippen molar-refractivity contribution in [3.63, 3.8) is 0 Å². The zero-order valence-corrected chi connectivity index (χ0v) is 10.3. The number of carbonyl (C=O) groups excluding carboxylic acids is 2. The Morgan fingerprint density at radius 3 is 2.38 bits per heavy atom. The van der Waals surface area contributed by atoms with E-state index in [-0.39, 0.29) is 17.6 Å². The fourth-order valence-electron chi connectivity index (χ4n) is 1.51. The van der Waals surface area contributed by atoms with Crippen LogP contribution >= 0.6 is 11.6 Å². The van der Waals surface area contributed by atoms with Gasteiger partial charge in [0.2, 0.25) is 5.91 Å². The number of rotatable bonds is 3. The highest BCUT2D eigenvalue weighted by Gasteiger charge is 2.11. The van der Waals surface area contributed by atoms with Crippen LogP contribution in [-0.4, -0.2) is 17.6 Å². The fraction of sp³-hybridized carbons (Fsp3) is 0.333. The van der Waals surface area contributed by atoms with Gasteiger partial charge < -0.3 is 5.32 Å². The van der Waals surface area contributed by atoms with E-state index in [0.29, 0.717) is 5.56 Å². The Morgan fingerprint density at radius 2 is 1.88 bits per heavy atom. The molecule has 0 saturated heterocycles. The SMILES string of the molecule is CC(=O)Nc1cc(C)c(C(=O)CCl)cc1C. The topological polar surface area (TPSA) is 46.2 Å². The summed E-state index contributed by atoms with van der Waals surface area (Å²) in [7, 11) is 0. The number of hydrogen-bond acceptors (Lipinski definition) is 2. The smallest absolute Gasteiger partial charge is 0.221 e. The van der Waals surface area contributed by atoms with Gasteiger partial charge >= 0.3 is 0 Å². The molecule has 3 nitrogen and oxygen atoms in total. The molecule has 1 aromatic carbocycles. The molecular formula is C12H14ClNO2. The highest BCUT2D eigenvalue weighted by molar-refractivity contribution is 6.30. The summed E-state index contributed by atoms with van der Waals surface area (Å²) in [5.74, 6) is -0.254. The van der Waals surface area contributed by atoms with Gasteiger partial charge in [-0.15, -0.1) is 11.6 Å². The lowest BCUT2D eigenvalue weighted by atomic mass is 10.0. The first-order valence-corrected chi connectivity index (χ1v) is 5.47. The normalized spacial score (nSPS) is 10.0. The van der Waals surface area contributed by atoms with Crippen molar-refractivity contribution in [1.82, 2.24) is 0 Å². The average molecular weight is 240 g/mol. The summed E-state index contributed by atoms with van der Waals surface area (Å²) >= 11 is 5.52. The first-order chi connectivity index (χ1) is 7.45. The monoisotopic (exact) mass is 239 g/mol. The van der Waals surface area contributed by atoms with Crippen molar-refractivity contribution in [2.24, 2.45) is 0 Å². The Balaban J connectivity index is 3.16. The van der Waals surface area contributed by atoms with Gasteiger partial charge in [-0.1, -0.05) is 0 Å². The molecule has 4 heteroatoms. The number of alkyl halides is 1. The van der Waals surface area contributed by atoms with Crippen LogP contribution in [0.25, 0.3) is 0 Å². The zero-order valence-electron chi connectivity index (χ0n) is 9.56. The quantitative estimate of drug-likeness (QED) is 0.651. The third kappa shape index (κ3) is 2.83. The molecule has 16 heavy (non-hydrogen) atoms. The Kier molecular flexibility index (Phi) is 4.07. The van der Waals surface area contributed by atoms with Gasteiger partial charge in [0.25, 0.3) is 0 Å². The van der Waals surface area contributed by atoms with E-state index in [9.17, 15) is 9.59 Å². The number of aryl methyl sites for hydroxylation is 2. The van der Waals surface area contributed by atoms with E-state index < -0.39 is 0 Å². The maximum absolute atomic E-state index is 11.5. The molecule has 0 heterocycles. The minimum Gasteiger partial charge on any atom is -0.326 e. The second kappa shape index (κ2) is 5.12. The molecule has 0 saturated carbocycles. The summed E-state index contributed by atoms with van der Waals surface area (Å²) in [4.78, 5) is 22.5. The number of nitrogens with one attached hydrogen (secondary N) is 1. The molecule has 1 rings (SSSR count). The summed E-state index contributed by atoms with van der Waals surface area (Å²) in [5.41, 5.74) is 3.02. The van der Waals surface area contributed by atoms with Gasteiger partial charge in [-0.3, -0.25) is 9.59 Å². The van der Waals surface area contributed by atoms with Crippen LogP contribution < -0.4 is 5.32 Å². The highest BCUT2D eigenvalue weighted by Crippen LogP contribution is 2.21. The number of benzene rings is 1. The third-order valence-corrected chi connectivity index (χ3v) is 2.55. The van der Waals surface area contributed by atoms with Crippen molar-refractivity contribution in [2.45, 2.75) is 20.8 Å². The molecule has 1 amide bonds.